The lowest BCUT2D eigenvalue weighted by Gasteiger charge is -2.23. The van der Waals surface area contributed by atoms with Gasteiger partial charge in [-0.2, -0.15) is 0 Å². The van der Waals surface area contributed by atoms with E-state index in [1.54, 1.807) is 13.8 Å². The number of carboxylic acids is 1. The minimum absolute atomic E-state index is 0.0311. The monoisotopic (exact) mass is 468 g/mol. The Morgan fingerprint density at radius 3 is 2.15 bits per heavy atom. The van der Waals surface area contributed by atoms with Crippen LogP contribution in [0.1, 0.15) is 43.7 Å². The number of nitrogens with one attached hydrogen (secondary N) is 2. The summed E-state index contributed by atoms with van der Waals surface area (Å²) in [6.07, 6.45) is -1.14. The van der Waals surface area contributed by atoms with Gasteiger partial charge in [0, 0.05) is 26.1 Å². The number of hydrogen-bond donors (Lipinski definition) is 3. The van der Waals surface area contributed by atoms with Crippen molar-refractivity contribution in [3.63, 3.8) is 0 Å². The van der Waals surface area contributed by atoms with Gasteiger partial charge in [0.25, 0.3) is 0 Å². The molecule has 1 unspecified atom stereocenters. The number of alkyl carbamates (subject to hydrolysis) is 1. The fraction of sp³-hybridized carbons (Fsp3) is 0.423. The first-order valence-electron chi connectivity index (χ1n) is 11.3. The summed E-state index contributed by atoms with van der Waals surface area (Å²) in [6.45, 7) is 4.09. The van der Waals surface area contributed by atoms with Crippen LogP contribution in [0.15, 0.2) is 48.5 Å². The normalized spacial score (nSPS) is 13.5. The number of carboxylic acid groups (broad SMARTS) is 1. The molecule has 8 nitrogen and oxygen atoms in total. The van der Waals surface area contributed by atoms with Gasteiger partial charge in [-0.25, -0.2) is 4.79 Å². The summed E-state index contributed by atoms with van der Waals surface area (Å²) in [6, 6.07) is 16.2. The van der Waals surface area contributed by atoms with Crippen molar-refractivity contribution < 1.29 is 29.0 Å². The third-order valence-corrected chi connectivity index (χ3v) is 5.96. The van der Waals surface area contributed by atoms with E-state index in [0.29, 0.717) is 0 Å². The summed E-state index contributed by atoms with van der Waals surface area (Å²) in [7, 11) is 1.46. The predicted molar refractivity (Wildman–Crippen MR) is 128 cm³/mol. The van der Waals surface area contributed by atoms with Crippen molar-refractivity contribution in [3.8, 4) is 11.1 Å². The molecule has 1 atom stereocenters. The molecule has 1 aliphatic rings. The molecule has 0 fully saturated rings. The Morgan fingerprint density at radius 2 is 1.59 bits per heavy atom. The summed E-state index contributed by atoms with van der Waals surface area (Å²) in [5.74, 6) is -1.22. The summed E-state index contributed by atoms with van der Waals surface area (Å²) in [4.78, 5) is 35.5. The molecular weight excluding hydrogens is 436 g/mol. The molecule has 0 spiro atoms. The average molecular weight is 469 g/mol. The number of benzene rings is 2. The number of aliphatic carboxylic acids is 1. The van der Waals surface area contributed by atoms with Crippen LogP contribution >= 0.6 is 0 Å². The highest BCUT2D eigenvalue weighted by Crippen LogP contribution is 2.44. The molecule has 0 radical (unpaired) electrons. The van der Waals surface area contributed by atoms with Gasteiger partial charge in [-0.3, -0.25) is 9.59 Å². The lowest BCUT2D eigenvalue weighted by atomic mass is 9.89. The zero-order chi connectivity index (χ0) is 24.7. The van der Waals surface area contributed by atoms with E-state index in [4.69, 9.17) is 14.6 Å². The maximum atomic E-state index is 12.3. The molecule has 0 aromatic heterocycles. The summed E-state index contributed by atoms with van der Waals surface area (Å²) in [5.41, 5.74) is 4.01. The van der Waals surface area contributed by atoms with Crippen LogP contribution in [0.3, 0.4) is 0 Å². The number of methoxy groups -OCH3 is 1. The molecule has 0 bridgehead atoms. The highest BCUT2D eigenvalue weighted by molar-refractivity contribution is 5.79. The third kappa shape index (κ3) is 6.57. The van der Waals surface area contributed by atoms with Gasteiger partial charge in [-0.1, -0.05) is 62.4 Å². The van der Waals surface area contributed by atoms with E-state index in [9.17, 15) is 14.4 Å². The molecule has 182 valence electrons. The van der Waals surface area contributed by atoms with Crippen LogP contribution in [0.4, 0.5) is 4.79 Å². The van der Waals surface area contributed by atoms with Crippen LogP contribution in [0.25, 0.3) is 11.1 Å². The number of carbonyl (C=O) groups is 3. The topological polar surface area (TPSA) is 114 Å². The molecule has 0 aliphatic heterocycles. The van der Waals surface area contributed by atoms with E-state index >= 15 is 0 Å². The third-order valence-electron chi connectivity index (χ3n) is 5.96. The Kier molecular flexibility index (Phi) is 8.28. The van der Waals surface area contributed by atoms with E-state index in [2.05, 4.69) is 34.9 Å². The molecular formula is C26H32N2O6. The molecule has 2 aromatic rings. The molecule has 3 rings (SSSR count). The van der Waals surface area contributed by atoms with Crippen LogP contribution in [0, 0.1) is 5.41 Å². The number of ether oxygens (including phenoxy) is 2. The van der Waals surface area contributed by atoms with E-state index < -0.39 is 23.6 Å². The van der Waals surface area contributed by atoms with Gasteiger partial charge < -0.3 is 25.2 Å². The first-order valence-corrected chi connectivity index (χ1v) is 11.3. The van der Waals surface area contributed by atoms with E-state index in [1.165, 1.54) is 7.11 Å². The Hall–Kier alpha value is -3.39. The molecule has 2 amide bonds. The van der Waals surface area contributed by atoms with Crippen molar-refractivity contribution in [1.82, 2.24) is 10.6 Å². The van der Waals surface area contributed by atoms with Gasteiger partial charge in [0.2, 0.25) is 5.91 Å². The van der Waals surface area contributed by atoms with Gasteiger partial charge >= 0.3 is 12.1 Å². The SMILES string of the molecule is COC(CNC(=O)OCC1c2ccccc2-c2ccccc21)CC(=O)NCC(C)(C)CC(=O)O. The standard InChI is InChI=1S/C26H32N2O6/c1-26(2,13-24(30)31)16-28-23(29)12-17(33-3)14-27-25(32)34-15-22-20-10-6-4-8-18(20)19-9-5-7-11-21(19)22/h4-11,17,22H,12-16H2,1-3H3,(H,27,32)(H,28,29)(H,30,31). The zero-order valence-corrected chi connectivity index (χ0v) is 19.8. The molecule has 1 aliphatic carbocycles. The van der Waals surface area contributed by atoms with Crippen molar-refractivity contribution in [2.45, 2.75) is 38.7 Å². The molecule has 0 saturated heterocycles. The van der Waals surface area contributed by atoms with E-state index in [-0.39, 0.29) is 44.4 Å². The Bertz CT molecular complexity index is 990. The maximum absolute atomic E-state index is 12.3. The van der Waals surface area contributed by atoms with Gasteiger partial charge in [0.1, 0.15) is 6.61 Å². The van der Waals surface area contributed by atoms with Crippen LogP contribution in [0.5, 0.6) is 0 Å². The van der Waals surface area contributed by atoms with E-state index in [1.807, 2.05) is 24.3 Å². The van der Waals surface area contributed by atoms with Gasteiger partial charge in [-0.15, -0.1) is 0 Å². The number of rotatable bonds is 11. The van der Waals surface area contributed by atoms with Gasteiger partial charge in [-0.05, 0) is 27.7 Å². The molecule has 2 aromatic carbocycles. The summed E-state index contributed by atoms with van der Waals surface area (Å²) < 4.78 is 10.8. The van der Waals surface area contributed by atoms with Crippen molar-refractivity contribution in [3.05, 3.63) is 59.7 Å². The minimum Gasteiger partial charge on any atom is -0.481 e. The molecule has 34 heavy (non-hydrogen) atoms. The second kappa shape index (κ2) is 11.2. The number of fused-ring (bicyclic) bond motifs is 3. The Morgan fingerprint density at radius 1 is 1.00 bits per heavy atom. The van der Waals surface area contributed by atoms with Gasteiger partial charge in [0.15, 0.2) is 0 Å². The summed E-state index contributed by atoms with van der Waals surface area (Å²) in [5, 5.41) is 14.3. The number of hydrogen-bond acceptors (Lipinski definition) is 5. The molecule has 0 heterocycles. The van der Waals surface area contributed by atoms with E-state index in [0.717, 1.165) is 22.3 Å². The Balaban J connectivity index is 1.46. The molecule has 0 saturated carbocycles. The zero-order valence-electron chi connectivity index (χ0n) is 19.8. The minimum atomic E-state index is -0.915. The second-order valence-electron chi connectivity index (χ2n) is 9.28. The van der Waals surface area contributed by atoms with Gasteiger partial charge in [0.05, 0.1) is 18.9 Å². The second-order valence-corrected chi connectivity index (χ2v) is 9.28. The first kappa shape index (κ1) is 25.2. The summed E-state index contributed by atoms with van der Waals surface area (Å²) >= 11 is 0. The number of carbonyl (C=O) groups excluding carboxylic acids is 2. The van der Waals surface area contributed by atoms with Crippen molar-refractivity contribution in [2.24, 2.45) is 5.41 Å². The molecule has 3 N–H and O–H groups in total. The fourth-order valence-electron chi connectivity index (χ4n) is 4.17. The van der Waals surface area contributed by atoms with Crippen LogP contribution in [-0.4, -0.2) is 56.0 Å². The lowest BCUT2D eigenvalue weighted by Crippen LogP contribution is -2.40. The number of amides is 2. The van der Waals surface area contributed by atoms with Crippen LogP contribution < -0.4 is 10.6 Å². The van der Waals surface area contributed by atoms with Crippen molar-refractivity contribution >= 4 is 18.0 Å². The predicted octanol–water partition coefficient (Wildman–Crippen LogP) is 3.55. The molecule has 8 heteroatoms. The first-order chi connectivity index (χ1) is 16.2. The largest absolute Gasteiger partial charge is 0.481 e. The smallest absolute Gasteiger partial charge is 0.407 e. The quantitative estimate of drug-likeness (QED) is 0.465. The Labute approximate surface area is 199 Å². The van der Waals surface area contributed by atoms with Crippen molar-refractivity contribution in [2.75, 3.05) is 26.8 Å². The maximum Gasteiger partial charge on any atom is 0.407 e. The lowest BCUT2D eigenvalue weighted by molar-refractivity contribution is -0.139. The van der Waals surface area contributed by atoms with Crippen LogP contribution in [-0.2, 0) is 19.1 Å². The average Bonchev–Trinajstić information content (AvgIpc) is 3.12. The fourth-order valence-corrected chi connectivity index (χ4v) is 4.17. The highest BCUT2D eigenvalue weighted by Gasteiger charge is 2.29. The van der Waals surface area contributed by atoms with Crippen LogP contribution in [0.2, 0.25) is 0 Å². The van der Waals surface area contributed by atoms with Crippen molar-refractivity contribution in [1.29, 1.82) is 0 Å². The highest BCUT2D eigenvalue weighted by atomic mass is 16.5.